The molecule has 6 nitrogen and oxygen atoms in total. The number of hydrogen-bond acceptors (Lipinski definition) is 4. The number of rotatable bonds is 6. The highest BCUT2D eigenvalue weighted by molar-refractivity contribution is 5.96. The Morgan fingerprint density at radius 3 is 2.53 bits per heavy atom. The molecule has 1 N–H and O–H groups in total. The summed E-state index contributed by atoms with van der Waals surface area (Å²) in [4.78, 5) is 26.1. The number of hydrogen-bond donors (Lipinski definition) is 1. The van der Waals surface area contributed by atoms with Crippen LogP contribution >= 0.6 is 0 Å². The zero-order chi connectivity index (χ0) is 21.1. The van der Waals surface area contributed by atoms with E-state index in [1.807, 2.05) is 12.1 Å². The minimum Gasteiger partial charge on any atom is -0.350 e. The van der Waals surface area contributed by atoms with Gasteiger partial charge in [-0.1, -0.05) is 48.5 Å². The Labute approximate surface area is 175 Å². The highest BCUT2D eigenvalue weighted by atomic mass is 16.6. The molecule has 1 aliphatic heterocycles. The van der Waals surface area contributed by atoms with Gasteiger partial charge in [0.25, 0.3) is 11.6 Å². The fourth-order valence-corrected chi connectivity index (χ4v) is 4.38. The van der Waals surface area contributed by atoms with Gasteiger partial charge >= 0.3 is 0 Å². The topological polar surface area (TPSA) is 75.5 Å². The Hall–Kier alpha value is -3.25. The number of benzene rings is 3. The van der Waals surface area contributed by atoms with Crippen LogP contribution in [0.15, 0.2) is 60.7 Å². The molecule has 0 bridgehead atoms. The number of nitro groups is 1. The second-order valence-electron chi connectivity index (χ2n) is 7.74. The Bertz CT molecular complexity index is 1080. The lowest BCUT2D eigenvalue weighted by molar-refractivity contribution is -0.385. The molecule has 3 aromatic rings. The van der Waals surface area contributed by atoms with Gasteiger partial charge in [-0.3, -0.25) is 19.8 Å². The molecule has 0 radical (unpaired) electrons. The quantitative estimate of drug-likeness (QED) is 0.481. The van der Waals surface area contributed by atoms with E-state index in [1.165, 1.54) is 22.4 Å². The zero-order valence-electron chi connectivity index (χ0n) is 17.0. The van der Waals surface area contributed by atoms with Gasteiger partial charge in [0.15, 0.2) is 0 Å². The van der Waals surface area contributed by atoms with Crippen molar-refractivity contribution in [2.75, 3.05) is 19.6 Å². The molecule has 0 aliphatic carbocycles. The van der Waals surface area contributed by atoms with Crippen LogP contribution in [0.4, 0.5) is 5.69 Å². The first-order chi connectivity index (χ1) is 14.6. The molecule has 1 fully saturated rings. The maximum atomic E-state index is 12.9. The summed E-state index contributed by atoms with van der Waals surface area (Å²) in [6.45, 7) is 4.07. The lowest BCUT2D eigenvalue weighted by Gasteiger charge is -2.29. The third-order valence-corrected chi connectivity index (χ3v) is 5.97. The van der Waals surface area contributed by atoms with Crippen LogP contribution in [-0.4, -0.2) is 35.4 Å². The smallest absolute Gasteiger partial charge is 0.273 e. The van der Waals surface area contributed by atoms with Crippen molar-refractivity contribution >= 4 is 22.4 Å². The lowest BCUT2D eigenvalue weighted by atomic mass is 9.97. The van der Waals surface area contributed by atoms with Crippen LogP contribution in [0, 0.1) is 17.0 Å². The van der Waals surface area contributed by atoms with E-state index in [1.54, 1.807) is 19.1 Å². The molecule has 1 saturated heterocycles. The first-order valence-electron chi connectivity index (χ1n) is 10.3. The summed E-state index contributed by atoms with van der Waals surface area (Å²) in [5, 5.41) is 16.6. The van der Waals surface area contributed by atoms with Gasteiger partial charge in [-0.05, 0) is 55.3 Å². The highest BCUT2D eigenvalue weighted by Crippen LogP contribution is 2.30. The number of carbonyl (C=O) groups is 1. The number of carbonyl (C=O) groups excluding carboxylic acids is 1. The molecule has 0 unspecified atom stereocenters. The third kappa shape index (κ3) is 3.91. The number of fused-ring (bicyclic) bond motifs is 1. The van der Waals surface area contributed by atoms with Gasteiger partial charge < -0.3 is 5.32 Å². The Balaban J connectivity index is 1.62. The molecule has 4 rings (SSSR count). The molecular formula is C24H25N3O3. The molecule has 1 atom stereocenters. The largest absolute Gasteiger partial charge is 0.350 e. The number of likely N-dealkylation sites (tertiary alicyclic amines) is 1. The molecule has 30 heavy (non-hydrogen) atoms. The van der Waals surface area contributed by atoms with Crippen LogP contribution in [0.1, 0.15) is 40.4 Å². The normalized spacial score (nSPS) is 15.2. The SMILES string of the molecule is Cc1c(C(=O)NC[C@H](c2cccc3ccccc23)N2CCCC2)cccc1[N+](=O)[O-]. The van der Waals surface area contributed by atoms with Crippen molar-refractivity contribution in [3.05, 3.63) is 87.5 Å². The van der Waals surface area contributed by atoms with E-state index < -0.39 is 4.92 Å². The van der Waals surface area contributed by atoms with E-state index in [9.17, 15) is 14.9 Å². The predicted molar refractivity (Wildman–Crippen MR) is 118 cm³/mol. The fourth-order valence-electron chi connectivity index (χ4n) is 4.38. The standard InChI is InChI=1S/C24H25N3O3/c1-17-19(11-7-13-22(17)27(29)30)24(28)25-16-23(26-14-4-5-15-26)21-12-6-9-18-8-2-3-10-20(18)21/h2-3,6-13,23H,4-5,14-16H2,1H3,(H,25,28)/t23-/m1/s1. The number of nitro benzene ring substituents is 1. The number of nitrogens with one attached hydrogen (secondary N) is 1. The van der Waals surface area contributed by atoms with Gasteiger partial charge in [0.05, 0.1) is 11.0 Å². The average molecular weight is 403 g/mol. The van der Waals surface area contributed by atoms with Crippen molar-refractivity contribution in [2.45, 2.75) is 25.8 Å². The maximum Gasteiger partial charge on any atom is 0.273 e. The number of nitrogens with zero attached hydrogens (tertiary/aromatic N) is 2. The summed E-state index contributed by atoms with van der Waals surface area (Å²) in [6, 6.07) is 19.3. The second kappa shape index (κ2) is 8.63. The third-order valence-electron chi connectivity index (χ3n) is 5.97. The molecule has 0 aromatic heterocycles. The summed E-state index contributed by atoms with van der Waals surface area (Å²) in [7, 11) is 0. The van der Waals surface area contributed by atoms with Gasteiger partial charge in [-0.2, -0.15) is 0 Å². The summed E-state index contributed by atoms with van der Waals surface area (Å²) in [5.41, 5.74) is 1.91. The molecule has 6 heteroatoms. The second-order valence-corrected chi connectivity index (χ2v) is 7.74. The van der Waals surface area contributed by atoms with Crippen molar-refractivity contribution in [3.63, 3.8) is 0 Å². The van der Waals surface area contributed by atoms with Crippen LogP contribution < -0.4 is 5.32 Å². The maximum absolute atomic E-state index is 12.9. The summed E-state index contributed by atoms with van der Waals surface area (Å²) in [6.07, 6.45) is 2.30. The van der Waals surface area contributed by atoms with Crippen molar-refractivity contribution in [2.24, 2.45) is 0 Å². The number of amides is 1. The Morgan fingerprint density at radius 2 is 1.77 bits per heavy atom. The van der Waals surface area contributed by atoms with E-state index in [-0.39, 0.29) is 17.6 Å². The highest BCUT2D eigenvalue weighted by Gasteiger charge is 2.26. The lowest BCUT2D eigenvalue weighted by Crippen LogP contribution is -2.37. The van der Waals surface area contributed by atoms with E-state index in [0.717, 1.165) is 25.9 Å². The molecular weight excluding hydrogens is 378 g/mol. The zero-order valence-corrected chi connectivity index (χ0v) is 17.0. The van der Waals surface area contributed by atoms with E-state index in [0.29, 0.717) is 17.7 Å². The molecule has 0 saturated carbocycles. The minimum atomic E-state index is -0.449. The molecule has 1 aliphatic rings. The molecule has 154 valence electrons. The van der Waals surface area contributed by atoms with Crippen LogP contribution in [0.25, 0.3) is 10.8 Å². The van der Waals surface area contributed by atoms with Gasteiger partial charge in [-0.25, -0.2) is 0 Å². The van der Waals surface area contributed by atoms with E-state index in [4.69, 9.17) is 0 Å². The van der Waals surface area contributed by atoms with Crippen LogP contribution in [0.5, 0.6) is 0 Å². The average Bonchev–Trinajstić information content (AvgIpc) is 3.28. The molecule has 0 spiro atoms. The summed E-state index contributed by atoms with van der Waals surface area (Å²) < 4.78 is 0. The monoisotopic (exact) mass is 403 g/mol. The van der Waals surface area contributed by atoms with Gasteiger partial charge in [0, 0.05) is 23.7 Å². The summed E-state index contributed by atoms with van der Waals surface area (Å²) in [5.74, 6) is -0.277. The van der Waals surface area contributed by atoms with Crippen LogP contribution in [0.2, 0.25) is 0 Å². The van der Waals surface area contributed by atoms with Gasteiger partial charge in [0.1, 0.15) is 0 Å². The first-order valence-corrected chi connectivity index (χ1v) is 10.3. The fraction of sp³-hybridized carbons (Fsp3) is 0.292. The molecule has 1 heterocycles. The summed E-state index contributed by atoms with van der Waals surface area (Å²) >= 11 is 0. The van der Waals surface area contributed by atoms with Crippen molar-refractivity contribution in [3.8, 4) is 0 Å². The minimum absolute atomic E-state index is 0.0344. The van der Waals surface area contributed by atoms with Crippen molar-refractivity contribution in [1.82, 2.24) is 10.2 Å². The van der Waals surface area contributed by atoms with Crippen molar-refractivity contribution in [1.29, 1.82) is 0 Å². The van der Waals surface area contributed by atoms with E-state index >= 15 is 0 Å². The van der Waals surface area contributed by atoms with Gasteiger partial charge in [-0.15, -0.1) is 0 Å². The Kier molecular flexibility index (Phi) is 5.77. The van der Waals surface area contributed by atoms with Crippen LogP contribution in [-0.2, 0) is 0 Å². The van der Waals surface area contributed by atoms with Crippen molar-refractivity contribution < 1.29 is 9.72 Å². The van der Waals surface area contributed by atoms with Gasteiger partial charge in [0.2, 0.25) is 0 Å². The Morgan fingerprint density at radius 1 is 1.07 bits per heavy atom. The molecule has 1 amide bonds. The van der Waals surface area contributed by atoms with E-state index in [2.05, 4.69) is 40.5 Å². The van der Waals surface area contributed by atoms with Crippen LogP contribution in [0.3, 0.4) is 0 Å². The molecule has 3 aromatic carbocycles. The first kappa shape index (κ1) is 20.0. The predicted octanol–water partition coefficient (Wildman–Crippen LogP) is 4.62.